The second-order valence-electron chi connectivity index (χ2n) is 6.08. The molecule has 3 rings (SSSR count). The van der Waals surface area contributed by atoms with E-state index in [1.165, 1.54) is 0 Å². The molecule has 1 heterocycles. The van der Waals surface area contributed by atoms with E-state index in [0.717, 1.165) is 24.8 Å². The van der Waals surface area contributed by atoms with Crippen molar-refractivity contribution in [2.75, 3.05) is 5.32 Å². The van der Waals surface area contributed by atoms with E-state index in [4.69, 9.17) is 17.3 Å². The average Bonchev–Trinajstić information content (AvgIpc) is 3.12. The highest BCUT2D eigenvalue weighted by Crippen LogP contribution is 2.27. The van der Waals surface area contributed by atoms with Gasteiger partial charge < -0.3 is 10.3 Å². The molecule has 1 aliphatic rings. The van der Waals surface area contributed by atoms with Gasteiger partial charge in [0, 0.05) is 29.9 Å². The minimum atomic E-state index is -0.0287. The van der Waals surface area contributed by atoms with Crippen LogP contribution in [0.15, 0.2) is 36.7 Å². The lowest BCUT2D eigenvalue weighted by Crippen LogP contribution is -2.28. The van der Waals surface area contributed by atoms with Crippen LogP contribution < -0.4 is 11.1 Å². The maximum Gasteiger partial charge on any atom is 0.227 e. The Kier molecular flexibility index (Phi) is 4.98. The molecule has 1 aromatic heterocycles. The van der Waals surface area contributed by atoms with Crippen molar-refractivity contribution in [3.8, 4) is 0 Å². The number of halogens is 1. The van der Waals surface area contributed by atoms with Gasteiger partial charge in [0.25, 0.3) is 0 Å². The van der Waals surface area contributed by atoms with Crippen molar-refractivity contribution in [3.63, 3.8) is 0 Å². The molecule has 1 fully saturated rings. The number of carbonyl (C=O) groups is 1. The molecule has 0 spiro atoms. The molecule has 2 atom stereocenters. The SMILES string of the molecule is N[C@@H]1CCC[C@H]1CC(=O)Nc1nccn1Cc1ccccc1Cl. The van der Waals surface area contributed by atoms with Gasteiger partial charge in [-0.1, -0.05) is 36.2 Å². The summed E-state index contributed by atoms with van der Waals surface area (Å²) in [6, 6.07) is 7.80. The molecule has 23 heavy (non-hydrogen) atoms. The van der Waals surface area contributed by atoms with Crippen molar-refractivity contribution >= 4 is 23.5 Å². The number of hydrogen-bond donors (Lipinski definition) is 2. The number of amides is 1. The molecular weight excluding hydrogens is 312 g/mol. The summed E-state index contributed by atoms with van der Waals surface area (Å²) in [4.78, 5) is 16.5. The van der Waals surface area contributed by atoms with Crippen LogP contribution in [0.25, 0.3) is 0 Å². The van der Waals surface area contributed by atoms with E-state index in [1.807, 2.05) is 35.0 Å². The van der Waals surface area contributed by atoms with Crippen molar-refractivity contribution in [2.45, 2.75) is 38.3 Å². The quantitative estimate of drug-likeness (QED) is 0.883. The third kappa shape index (κ3) is 3.92. The maximum absolute atomic E-state index is 12.2. The lowest BCUT2D eigenvalue weighted by Gasteiger charge is -2.15. The number of rotatable bonds is 5. The normalized spacial score (nSPS) is 20.6. The van der Waals surface area contributed by atoms with Gasteiger partial charge in [0.15, 0.2) is 0 Å². The van der Waals surface area contributed by atoms with Crippen LogP contribution in [0.1, 0.15) is 31.2 Å². The van der Waals surface area contributed by atoms with E-state index < -0.39 is 0 Å². The largest absolute Gasteiger partial charge is 0.327 e. The van der Waals surface area contributed by atoms with Gasteiger partial charge in [0.2, 0.25) is 11.9 Å². The van der Waals surface area contributed by atoms with Crippen LogP contribution in [-0.4, -0.2) is 21.5 Å². The van der Waals surface area contributed by atoms with Crippen LogP contribution in [-0.2, 0) is 11.3 Å². The van der Waals surface area contributed by atoms with Gasteiger partial charge in [0.05, 0.1) is 6.54 Å². The topological polar surface area (TPSA) is 72.9 Å². The Bertz CT molecular complexity index is 685. The van der Waals surface area contributed by atoms with Gasteiger partial charge in [-0.15, -0.1) is 0 Å². The lowest BCUT2D eigenvalue weighted by molar-refractivity contribution is -0.117. The van der Waals surface area contributed by atoms with Crippen molar-refractivity contribution in [2.24, 2.45) is 11.7 Å². The predicted molar refractivity (Wildman–Crippen MR) is 91.3 cm³/mol. The van der Waals surface area contributed by atoms with Gasteiger partial charge >= 0.3 is 0 Å². The summed E-state index contributed by atoms with van der Waals surface area (Å²) in [5.41, 5.74) is 7.02. The first-order valence-electron chi connectivity index (χ1n) is 7.93. The smallest absolute Gasteiger partial charge is 0.227 e. The van der Waals surface area contributed by atoms with Gasteiger partial charge in [-0.3, -0.25) is 10.1 Å². The molecule has 1 aliphatic carbocycles. The number of nitrogens with two attached hydrogens (primary N) is 1. The van der Waals surface area contributed by atoms with Crippen LogP contribution in [0.4, 0.5) is 5.95 Å². The van der Waals surface area contributed by atoms with Gasteiger partial charge in [-0.2, -0.15) is 0 Å². The second-order valence-corrected chi connectivity index (χ2v) is 6.48. The molecular formula is C17H21ClN4O. The Morgan fingerprint density at radius 3 is 2.96 bits per heavy atom. The van der Waals surface area contributed by atoms with Gasteiger partial charge in [-0.05, 0) is 30.4 Å². The van der Waals surface area contributed by atoms with Crippen LogP contribution in [0.3, 0.4) is 0 Å². The van der Waals surface area contributed by atoms with Crippen LogP contribution >= 0.6 is 11.6 Å². The van der Waals surface area contributed by atoms with Crippen LogP contribution in [0, 0.1) is 5.92 Å². The molecule has 2 aromatic rings. The minimum absolute atomic E-state index is 0.0287. The summed E-state index contributed by atoms with van der Waals surface area (Å²) in [7, 11) is 0. The molecule has 5 nitrogen and oxygen atoms in total. The number of aromatic nitrogens is 2. The average molecular weight is 333 g/mol. The Morgan fingerprint density at radius 2 is 2.22 bits per heavy atom. The van der Waals surface area contributed by atoms with E-state index in [0.29, 0.717) is 23.9 Å². The standard InChI is InChI=1S/C17H21ClN4O/c18-14-6-2-1-4-13(14)11-22-9-8-20-17(22)21-16(23)10-12-5-3-7-15(12)19/h1-2,4,6,8-9,12,15H,3,5,7,10-11,19H2,(H,20,21,23)/t12-,15+/m0/s1. The van der Waals surface area contributed by atoms with Crippen molar-refractivity contribution in [1.29, 1.82) is 0 Å². The summed E-state index contributed by atoms with van der Waals surface area (Å²) >= 11 is 6.19. The first-order chi connectivity index (χ1) is 11.1. The van der Waals surface area contributed by atoms with E-state index in [-0.39, 0.29) is 17.9 Å². The fourth-order valence-corrected chi connectivity index (χ4v) is 3.30. The van der Waals surface area contributed by atoms with E-state index >= 15 is 0 Å². The summed E-state index contributed by atoms with van der Waals surface area (Å²) in [6.07, 6.45) is 7.12. The predicted octanol–water partition coefficient (Wildman–Crippen LogP) is 3.04. The summed E-state index contributed by atoms with van der Waals surface area (Å²) in [5.74, 6) is 0.794. The molecule has 0 unspecified atom stereocenters. The number of carbonyl (C=O) groups excluding carboxylic acids is 1. The number of hydrogen-bond acceptors (Lipinski definition) is 3. The molecule has 6 heteroatoms. The highest BCUT2D eigenvalue weighted by Gasteiger charge is 2.26. The molecule has 0 saturated heterocycles. The zero-order valence-corrected chi connectivity index (χ0v) is 13.7. The molecule has 122 valence electrons. The molecule has 0 aliphatic heterocycles. The minimum Gasteiger partial charge on any atom is -0.327 e. The Morgan fingerprint density at radius 1 is 1.39 bits per heavy atom. The molecule has 0 radical (unpaired) electrons. The van der Waals surface area contributed by atoms with E-state index in [2.05, 4.69) is 10.3 Å². The fourth-order valence-electron chi connectivity index (χ4n) is 3.10. The molecule has 1 saturated carbocycles. The van der Waals surface area contributed by atoms with Gasteiger partial charge in [-0.25, -0.2) is 4.98 Å². The zero-order valence-electron chi connectivity index (χ0n) is 12.9. The number of imidazole rings is 1. The third-order valence-corrected chi connectivity index (χ3v) is 4.80. The fraction of sp³-hybridized carbons (Fsp3) is 0.412. The molecule has 3 N–H and O–H groups in total. The lowest BCUT2D eigenvalue weighted by atomic mass is 10.00. The van der Waals surface area contributed by atoms with E-state index in [9.17, 15) is 4.79 Å². The first-order valence-corrected chi connectivity index (χ1v) is 8.31. The van der Waals surface area contributed by atoms with Crippen molar-refractivity contribution in [1.82, 2.24) is 9.55 Å². The summed E-state index contributed by atoms with van der Waals surface area (Å²) in [6.45, 7) is 0.568. The zero-order chi connectivity index (χ0) is 16.2. The third-order valence-electron chi connectivity index (χ3n) is 4.43. The Hall–Kier alpha value is -1.85. The van der Waals surface area contributed by atoms with Crippen molar-refractivity contribution in [3.05, 3.63) is 47.2 Å². The highest BCUT2D eigenvalue weighted by atomic mass is 35.5. The summed E-state index contributed by atoms with van der Waals surface area (Å²) in [5, 5.41) is 3.60. The number of nitrogens with one attached hydrogen (secondary N) is 1. The summed E-state index contributed by atoms with van der Waals surface area (Å²) < 4.78 is 1.88. The highest BCUT2D eigenvalue weighted by molar-refractivity contribution is 6.31. The molecule has 0 bridgehead atoms. The van der Waals surface area contributed by atoms with Gasteiger partial charge in [0.1, 0.15) is 0 Å². The number of anilines is 1. The molecule has 1 aromatic carbocycles. The monoisotopic (exact) mass is 332 g/mol. The number of nitrogens with zero attached hydrogens (tertiary/aromatic N) is 2. The first kappa shape index (κ1) is 16.0. The number of benzene rings is 1. The van der Waals surface area contributed by atoms with Crippen LogP contribution in [0.5, 0.6) is 0 Å². The Labute approximate surface area is 140 Å². The van der Waals surface area contributed by atoms with Crippen LogP contribution in [0.2, 0.25) is 5.02 Å². The second kappa shape index (κ2) is 7.15. The maximum atomic E-state index is 12.2. The molecule has 1 amide bonds. The Balaban J connectivity index is 1.64. The van der Waals surface area contributed by atoms with E-state index in [1.54, 1.807) is 6.20 Å². The van der Waals surface area contributed by atoms with Crippen molar-refractivity contribution < 1.29 is 4.79 Å².